The fourth-order valence-corrected chi connectivity index (χ4v) is 8.26. The van der Waals surface area contributed by atoms with Crippen LogP contribution in [-0.4, -0.2) is 15.3 Å². The van der Waals surface area contributed by atoms with Crippen LogP contribution in [-0.2, 0) is 7.05 Å². The zero-order valence-electron chi connectivity index (χ0n) is 20.7. The van der Waals surface area contributed by atoms with Gasteiger partial charge in [0.2, 0.25) is 11.7 Å². The van der Waals surface area contributed by atoms with Gasteiger partial charge in [-0.1, -0.05) is 24.3 Å². The SMILES string of the molecule is Cn1c2[n+](c3ccncc31)[N+]13c4c(cccc4-2)Oc2ccc4c(c21)C1c2c(cccc2-c2ccc[n+]3c21)C4=O. The molecule has 6 aromatic rings. The smallest absolute Gasteiger partial charge is 0.354 e. The van der Waals surface area contributed by atoms with Crippen molar-refractivity contribution in [1.82, 2.24) is 14.3 Å². The number of carbonyl (C=O) groups excluding carboxylic acids is 1. The Morgan fingerprint density at radius 3 is 2.59 bits per heavy atom. The van der Waals surface area contributed by atoms with E-state index in [4.69, 9.17) is 4.74 Å². The van der Waals surface area contributed by atoms with Crippen LogP contribution in [0, 0.1) is 0 Å². The number of hydrogen-bond acceptors (Lipinski definition) is 3. The molecule has 7 heteroatoms. The summed E-state index contributed by atoms with van der Waals surface area (Å²) in [5.41, 5.74) is 12.6. The van der Waals surface area contributed by atoms with Crippen LogP contribution in [0.5, 0.6) is 11.5 Å². The Bertz CT molecular complexity index is 2260. The average Bonchev–Trinajstić information content (AvgIpc) is 3.58. The highest BCUT2D eigenvalue weighted by molar-refractivity contribution is 6.16. The molecule has 39 heavy (non-hydrogen) atoms. The van der Waals surface area contributed by atoms with Gasteiger partial charge < -0.3 is 4.74 Å². The van der Waals surface area contributed by atoms with Crippen molar-refractivity contribution in [3.63, 3.8) is 0 Å². The molecule has 3 aromatic heterocycles. The van der Waals surface area contributed by atoms with E-state index in [2.05, 4.69) is 74.6 Å². The average molecular weight is 505 g/mol. The second-order valence-corrected chi connectivity index (χ2v) is 11.0. The third-order valence-electron chi connectivity index (χ3n) is 9.50. The van der Waals surface area contributed by atoms with Crippen LogP contribution in [0.1, 0.15) is 38.7 Å². The monoisotopic (exact) mass is 504 g/mol. The van der Waals surface area contributed by atoms with E-state index in [1.54, 1.807) is 0 Å². The Morgan fingerprint density at radius 1 is 0.846 bits per heavy atom. The van der Waals surface area contributed by atoms with Gasteiger partial charge in [-0.2, -0.15) is 0 Å². The van der Waals surface area contributed by atoms with E-state index in [-0.39, 0.29) is 16.4 Å². The molecule has 3 aliphatic heterocycles. The van der Waals surface area contributed by atoms with Gasteiger partial charge in [0.1, 0.15) is 16.2 Å². The molecule has 6 heterocycles. The predicted octanol–water partition coefficient (Wildman–Crippen LogP) is 4.82. The molecule has 7 nitrogen and oxygen atoms in total. The van der Waals surface area contributed by atoms with Crippen molar-refractivity contribution in [3.05, 3.63) is 113 Å². The molecule has 0 radical (unpaired) electrons. The lowest BCUT2D eigenvalue weighted by atomic mass is 9.75. The summed E-state index contributed by atoms with van der Waals surface area (Å²) in [5.74, 6) is 2.75. The number of ether oxygens (including phenoxy) is 1. The van der Waals surface area contributed by atoms with E-state index in [9.17, 15) is 4.79 Å². The first kappa shape index (κ1) is 19.0. The zero-order chi connectivity index (χ0) is 25.4. The summed E-state index contributed by atoms with van der Waals surface area (Å²) in [5, 5.41) is 0. The van der Waals surface area contributed by atoms with E-state index in [1.165, 1.54) is 11.3 Å². The molecule has 11 rings (SSSR count). The van der Waals surface area contributed by atoms with Gasteiger partial charge in [-0.25, -0.2) is 4.57 Å². The van der Waals surface area contributed by atoms with Crippen molar-refractivity contribution in [2.24, 2.45) is 7.05 Å². The van der Waals surface area contributed by atoms with Gasteiger partial charge in [-0.15, -0.1) is 0 Å². The van der Waals surface area contributed by atoms with E-state index in [1.807, 2.05) is 36.7 Å². The first-order valence-corrected chi connectivity index (χ1v) is 13.2. The van der Waals surface area contributed by atoms with Crippen molar-refractivity contribution in [2.45, 2.75) is 5.92 Å². The van der Waals surface area contributed by atoms with Crippen molar-refractivity contribution < 1.29 is 18.9 Å². The van der Waals surface area contributed by atoms with Gasteiger partial charge in [0.05, 0.1) is 24.4 Å². The van der Waals surface area contributed by atoms with Crippen molar-refractivity contribution in [3.8, 4) is 34.0 Å². The summed E-state index contributed by atoms with van der Waals surface area (Å²) in [7, 11) is 2.10. The molecule has 2 aliphatic carbocycles. The number of benzene rings is 3. The number of pyridine rings is 2. The van der Waals surface area contributed by atoms with Crippen molar-refractivity contribution in [1.29, 1.82) is 0 Å². The molecule has 3 aromatic carbocycles. The highest BCUT2D eigenvalue weighted by Crippen LogP contribution is 2.64. The lowest BCUT2D eigenvalue weighted by molar-refractivity contribution is -1.03. The van der Waals surface area contributed by atoms with Gasteiger partial charge in [-0.05, 0) is 41.5 Å². The van der Waals surface area contributed by atoms with Crippen LogP contribution in [0.25, 0.3) is 33.5 Å². The topological polar surface area (TPSA) is 51.9 Å². The van der Waals surface area contributed by atoms with Crippen LogP contribution >= 0.6 is 0 Å². The number of para-hydroxylation sites is 1. The first-order valence-electron chi connectivity index (χ1n) is 13.2. The summed E-state index contributed by atoms with van der Waals surface area (Å²) in [6.07, 6.45) is 6.00. The molecule has 0 fully saturated rings. The second-order valence-electron chi connectivity index (χ2n) is 11.0. The number of aryl methyl sites for hydroxylation is 1. The molecule has 0 N–H and O–H groups in total. The van der Waals surface area contributed by atoms with E-state index in [0.717, 1.165) is 73.1 Å². The molecule has 2 unspecified atom stereocenters. The van der Waals surface area contributed by atoms with Crippen LogP contribution in [0.3, 0.4) is 0 Å². The highest BCUT2D eigenvalue weighted by Gasteiger charge is 2.73. The summed E-state index contributed by atoms with van der Waals surface area (Å²) in [6.45, 7) is 0. The Hall–Kier alpha value is -5.14. The summed E-state index contributed by atoms with van der Waals surface area (Å²) in [6, 6.07) is 22.9. The number of hydrogen-bond donors (Lipinski definition) is 0. The van der Waals surface area contributed by atoms with Gasteiger partial charge in [0.25, 0.3) is 17.1 Å². The molecule has 0 bridgehead atoms. The minimum absolute atomic E-state index is 0.0302. The van der Waals surface area contributed by atoms with Crippen LogP contribution in [0.15, 0.2) is 85.3 Å². The fraction of sp³-hybridized carbons (Fsp3) is 0.0625. The molecule has 180 valence electrons. The highest BCUT2D eigenvalue weighted by atomic mass is 16.5. The first-order chi connectivity index (χ1) is 19.2. The molecule has 0 saturated carbocycles. The molecular formula is C32H18N5O2+3. The van der Waals surface area contributed by atoms with E-state index in [0.29, 0.717) is 0 Å². The minimum atomic E-state index is -0.0302. The fourth-order valence-electron chi connectivity index (χ4n) is 8.26. The number of quaternary nitrogens is 1. The normalized spacial score (nSPS) is 20.5. The van der Waals surface area contributed by atoms with Gasteiger partial charge in [0, 0.05) is 38.8 Å². The predicted molar refractivity (Wildman–Crippen MR) is 142 cm³/mol. The summed E-state index contributed by atoms with van der Waals surface area (Å²) >= 11 is 0. The standard InChI is InChI=1S/C32H18N5O2/c1-34-22-15-33-13-12-21(22)36-32(34)20-7-3-9-23-29(20)37(36)30-24(39-23)11-10-19-26(30)27-25-16(5-2-6-18(25)31(19)38)17-8-4-14-35(37)28(17)27/h2-15,27H,1H3/q+3. The molecule has 5 aliphatic rings. The third-order valence-corrected chi connectivity index (χ3v) is 9.50. The van der Waals surface area contributed by atoms with E-state index < -0.39 is 0 Å². The van der Waals surface area contributed by atoms with E-state index >= 15 is 0 Å². The number of nitrogens with zero attached hydrogens (tertiary/aromatic N) is 5. The van der Waals surface area contributed by atoms with Crippen LogP contribution in [0.2, 0.25) is 0 Å². The van der Waals surface area contributed by atoms with Crippen molar-refractivity contribution >= 4 is 28.2 Å². The maximum absolute atomic E-state index is 14.1. The van der Waals surface area contributed by atoms with Crippen LogP contribution < -0.4 is 18.8 Å². The minimum Gasteiger partial charge on any atom is -0.444 e. The van der Waals surface area contributed by atoms with Gasteiger partial charge in [-0.3, -0.25) is 9.78 Å². The number of carbonyl (C=O) groups is 1. The molecular weight excluding hydrogens is 486 g/mol. The Labute approximate surface area is 221 Å². The number of rotatable bonds is 0. The molecule has 1 spiro atoms. The van der Waals surface area contributed by atoms with Crippen molar-refractivity contribution in [2.75, 3.05) is 0 Å². The molecule has 0 amide bonds. The number of aromatic nitrogens is 4. The quantitative estimate of drug-likeness (QED) is 0.220. The second kappa shape index (κ2) is 5.65. The summed E-state index contributed by atoms with van der Waals surface area (Å²) < 4.78 is 14.1. The third kappa shape index (κ3) is 1.67. The van der Waals surface area contributed by atoms with Crippen LogP contribution in [0.4, 0.5) is 11.4 Å². The lowest BCUT2D eigenvalue weighted by Crippen LogP contribution is -2.85. The number of fused-ring (bicyclic) bond motifs is 5. The Balaban J connectivity index is 1.47. The summed E-state index contributed by atoms with van der Waals surface area (Å²) in [4.78, 5) is 18.6. The maximum atomic E-state index is 14.1. The number of ketones is 1. The van der Waals surface area contributed by atoms with Gasteiger partial charge in [0.15, 0.2) is 22.8 Å². The number of imidazole rings is 1. The largest absolute Gasteiger partial charge is 0.444 e. The Kier molecular flexibility index (Phi) is 2.75. The zero-order valence-corrected chi connectivity index (χ0v) is 20.7. The maximum Gasteiger partial charge on any atom is 0.354 e. The molecule has 0 saturated heterocycles. The Morgan fingerprint density at radius 2 is 1.64 bits per heavy atom. The lowest BCUT2D eigenvalue weighted by Gasteiger charge is -2.36. The van der Waals surface area contributed by atoms with Gasteiger partial charge >= 0.3 is 5.82 Å². The molecule has 2 atom stereocenters.